The van der Waals surface area contributed by atoms with Gasteiger partial charge in [0.2, 0.25) is 10.0 Å². The van der Waals surface area contributed by atoms with Gasteiger partial charge in [0.05, 0.1) is 6.26 Å². The molecule has 1 aromatic carbocycles. The van der Waals surface area contributed by atoms with E-state index in [0.717, 1.165) is 31.0 Å². The Hall–Kier alpha value is -0.620. The van der Waals surface area contributed by atoms with E-state index in [-0.39, 0.29) is 0 Å². The van der Waals surface area contributed by atoms with Crippen LogP contribution < -0.4 is 4.72 Å². The molecule has 1 unspecified atom stereocenters. The first-order valence-electron chi connectivity index (χ1n) is 6.40. The lowest BCUT2D eigenvalue weighted by Gasteiger charge is -2.24. The molecule has 1 atom stereocenters. The lowest BCUT2D eigenvalue weighted by atomic mass is 10.0. The molecule has 1 N–H and O–H groups in total. The molecule has 0 radical (unpaired) electrons. The number of nitrogens with one attached hydrogen (secondary N) is 1. The summed E-state index contributed by atoms with van der Waals surface area (Å²) in [5.74, 6) is 0. The predicted octanol–water partition coefficient (Wildman–Crippen LogP) is 2.03. The van der Waals surface area contributed by atoms with Crippen molar-refractivity contribution in [1.82, 2.24) is 9.62 Å². The summed E-state index contributed by atoms with van der Waals surface area (Å²) < 4.78 is 24.6. The average molecular weight is 303 g/mol. The largest absolute Gasteiger partial charge is 0.295 e. The van der Waals surface area contributed by atoms with Gasteiger partial charge in [0.1, 0.15) is 0 Å². The molecule has 19 heavy (non-hydrogen) atoms. The Morgan fingerprint density at radius 1 is 1.37 bits per heavy atom. The number of likely N-dealkylation sites (tertiary alicyclic amines) is 1. The number of halogens is 1. The molecular weight excluding hydrogens is 284 g/mol. The van der Waals surface area contributed by atoms with Crippen molar-refractivity contribution < 1.29 is 8.42 Å². The zero-order valence-electron chi connectivity index (χ0n) is 11.0. The lowest BCUT2D eigenvalue weighted by molar-refractivity contribution is 0.262. The number of benzene rings is 1. The van der Waals surface area contributed by atoms with Gasteiger partial charge in [-0.25, -0.2) is 13.1 Å². The fraction of sp³-hybridized carbons (Fsp3) is 0.538. The maximum Gasteiger partial charge on any atom is 0.208 e. The summed E-state index contributed by atoms with van der Waals surface area (Å²) in [6, 6.07) is 8.29. The smallest absolute Gasteiger partial charge is 0.208 e. The Kier molecular flexibility index (Phi) is 4.84. The summed E-state index contributed by atoms with van der Waals surface area (Å²) in [5.41, 5.74) is 1.25. The second kappa shape index (κ2) is 6.22. The number of hydrogen-bond acceptors (Lipinski definition) is 3. The van der Waals surface area contributed by atoms with Crippen molar-refractivity contribution in [2.75, 3.05) is 25.9 Å². The Morgan fingerprint density at radius 2 is 2.05 bits per heavy atom. The van der Waals surface area contributed by atoms with Gasteiger partial charge in [-0.2, -0.15) is 0 Å². The molecule has 1 fully saturated rings. The highest BCUT2D eigenvalue weighted by atomic mass is 35.5. The van der Waals surface area contributed by atoms with E-state index in [2.05, 4.69) is 21.8 Å². The number of nitrogens with zero attached hydrogens (tertiary/aromatic N) is 1. The molecule has 0 aromatic heterocycles. The fourth-order valence-electron chi connectivity index (χ4n) is 2.53. The summed E-state index contributed by atoms with van der Waals surface area (Å²) in [7, 11) is -3.10. The minimum atomic E-state index is -3.10. The van der Waals surface area contributed by atoms with Crippen molar-refractivity contribution in [2.24, 2.45) is 0 Å². The highest BCUT2D eigenvalue weighted by molar-refractivity contribution is 7.88. The van der Waals surface area contributed by atoms with Gasteiger partial charge < -0.3 is 0 Å². The van der Waals surface area contributed by atoms with Crippen LogP contribution in [0.1, 0.15) is 24.4 Å². The molecule has 0 bridgehead atoms. The van der Waals surface area contributed by atoms with Gasteiger partial charge in [-0.15, -0.1) is 0 Å². The van der Waals surface area contributed by atoms with Crippen molar-refractivity contribution in [3.63, 3.8) is 0 Å². The number of hydrogen-bond donors (Lipinski definition) is 1. The first-order chi connectivity index (χ1) is 8.96. The molecule has 0 spiro atoms. The molecule has 1 heterocycles. The standard InChI is InChI=1S/C13H19ClN2O2S/c1-19(17,18)15-8-10-16-9-2-3-13(16)11-4-6-12(14)7-5-11/h4-7,13,15H,2-3,8-10H2,1H3. The van der Waals surface area contributed by atoms with Crippen molar-refractivity contribution in [3.05, 3.63) is 34.9 Å². The van der Waals surface area contributed by atoms with E-state index in [1.54, 1.807) is 0 Å². The van der Waals surface area contributed by atoms with Gasteiger partial charge in [0.25, 0.3) is 0 Å². The molecule has 0 amide bonds. The third-order valence-corrected chi connectivity index (χ3v) is 4.36. The van der Waals surface area contributed by atoms with Crippen molar-refractivity contribution >= 4 is 21.6 Å². The zero-order chi connectivity index (χ0) is 13.9. The van der Waals surface area contributed by atoms with Crippen LogP contribution in [0.2, 0.25) is 5.02 Å². The fourth-order valence-corrected chi connectivity index (χ4v) is 3.12. The molecule has 1 aliphatic rings. The molecule has 1 saturated heterocycles. The van der Waals surface area contributed by atoms with Crippen LogP contribution in [0, 0.1) is 0 Å². The molecule has 1 aromatic rings. The van der Waals surface area contributed by atoms with E-state index in [1.807, 2.05) is 12.1 Å². The van der Waals surface area contributed by atoms with Gasteiger partial charge in [0.15, 0.2) is 0 Å². The SMILES string of the molecule is CS(=O)(=O)NCCN1CCCC1c1ccc(Cl)cc1. The van der Waals surface area contributed by atoms with Crippen molar-refractivity contribution in [2.45, 2.75) is 18.9 Å². The molecule has 0 aliphatic carbocycles. The van der Waals surface area contributed by atoms with Gasteiger partial charge in [-0.05, 0) is 37.1 Å². The maximum absolute atomic E-state index is 11.0. The van der Waals surface area contributed by atoms with Crippen molar-refractivity contribution in [1.29, 1.82) is 0 Å². The van der Waals surface area contributed by atoms with Gasteiger partial charge in [0, 0.05) is 24.2 Å². The van der Waals surface area contributed by atoms with E-state index >= 15 is 0 Å². The Morgan fingerprint density at radius 3 is 2.68 bits per heavy atom. The number of rotatable bonds is 5. The quantitative estimate of drug-likeness (QED) is 0.905. The van der Waals surface area contributed by atoms with E-state index in [9.17, 15) is 8.42 Å². The third-order valence-electron chi connectivity index (χ3n) is 3.38. The van der Waals surface area contributed by atoms with Crippen LogP contribution >= 0.6 is 11.6 Å². The first kappa shape index (κ1) is 14.8. The highest BCUT2D eigenvalue weighted by Gasteiger charge is 2.25. The van der Waals surface area contributed by atoms with Crippen LogP contribution in [0.3, 0.4) is 0 Å². The van der Waals surface area contributed by atoms with Crippen LogP contribution in [0.4, 0.5) is 0 Å². The molecule has 1 aliphatic heterocycles. The second-order valence-electron chi connectivity index (χ2n) is 4.91. The van der Waals surface area contributed by atoms with Crippen molar-refractivity contribution in [3.8, 4) is 0 Å². The summed E-state index contributed by atoms with van der Waals surface area (Å²) >= 11 is 5.90. The normalized spacial score (nSPS) is 20.8. The van der Waals surface area contributed by atoms with Crippen LogP contribution in [0.5, 0.6) is 0 Å². The maximum atomic E-state index is 11.0. The Bertz CT molecular complexity index is 516. The number of sulfonamides is 1. The van der Waals surface area contributed by atoms with Crippen LogP contribution in [-0.2, 0) is 10.0 Å². The predicted molar refractivity (Wildman–Crippen MR) is 77.8 cm³/mol. The molecule has 0 saturated carbocycles. The minimum Gasteiger partial charge on any atom is -0.295 e. The van der Waals surface area contributed by atoms with E-state index < -0.39 is 10.0 Å². The van der Waals surface area contributed by atoms with Gasteiger partial charge in [-0.3, -0.25) is 4.90 Å². The van der Waals surface area contributed by atoms with Gasteiger partial charge >= 0.3 is 0 Å². The molecular formula is C13H19ClN2O2S. The topological polar surface area (TPSA) is 49.4 Å². The summed E-state index contributed by atoms with van der Waals surface area (Å²) in [4.78, 5) is 2.32. The van der Waals surface area contributed by atoms with E-state index in [0.29, 0.717) is 12.6 Å². The molecule has 4 nitrogen and oxygen atoms in total. The van der Waals surface area contributed by atoms with Crippen LogP contribution in [0.25, 0.3) is 0 Å². The minimum absolute atomic E-state index is 0.374. The molecule has 2 rings (SSSR count). The average Bonchev–Trinajstić information content (AvgIpc) is 2.77. The van der Waals surface area contributed by atoms with Crippen LogP contribution in [-0.4, -0.2) is 39.2 Å². The second-order valence-corrected chi connectivity index (χ2v) is 7.18. The Labute approximate surface area is 119 Å². The van der Waals surface area contributed by atoms with E-state index in [1.165, 1.54) is 11.8 Å². The summed E-state index contributed by atoms with van der Waals surface area (Å²) in [6.07, 6.45) is 3.44. The van der Waals surface area contributed by atoms with Gasteiger partial charge in [-0.1, -0.05) is 23.7 Å². The van der Waals surface area contributed by atoms with Crippen LogP contribution in [0.15, 0.2) is 24.3 Å². The molecule has 6 heteroatoms. The molecule has 106 valence electrons. The summed E-state index contributed by atoms with van der Waals surface area (Å²) in [6.45, 7) is 2.21. The first-order valence-corrected chi connectivity index (χ1v) is 8.67. The van der Waals surface area contributed by atoms with E-state index in [4.69, 9.17) is 11.6 Å². The lowest BCUT2D eigenvalue weighted by Crippen LogP contribution is -2.34. The summed E-state index contributed by atoms with van der Waals surface area (Å²) in [5, 5.41) is 0.743. The highest BCUT2D eigenvalue weighted by Crippen LogP contribution is 2.31. The Balaban J connectivity index is 1.95. The zero-order valence-corrected chi connectivity index (χ0v) is 12.5. The monoisotopic (exact) mass is 302 g/mol. The third kappa shape index (κ3) is 4.45.